The van der Waals surface area contributed by atoms with Gasteiger partial charge in [-0.2, -0.15) is 0 Å². The number of carbonyl (C=O) groups is 1. The van der Waals surface area contributed by atoms with Gasteiger partial charge in [0.15, 0.2) is 11.5 Å². The van der Waals surface area contributed by atoms with Gasteiger partial charge >= 0.3 is 0 Å². The van der Waals surface area contributed by atoms with Gasteiger partial charge in [0.05, 0.1) is 20.6 Å². The molecule has 7 heteroatoms. The smallest absolute Gasteiger partial charge is 0.224 e. The minimum absolute atomic E-state index is 0.133. The highest BCUT2D eigenvalue weighted by atomic mass is 79.9. The Morgan fingerprint density at radius 3 is 2.32 bits per heavy atom. The Kier molecular flexibility index (Phi) is 7.41. The van der Waals surface area contributed by atoms with Crippen LogP contribution in [0.25, 0.3) is 0 Å². The number of rotatable bonds is 7. The number of nitrogens with one attached hydrogen (secondary N) is 1. The summed E-state index contributed by atoms with van der Waals surface area (Å²) in [5.41, 5.74) is 1.64. The summed E-state index contributed by atoms with van der Waals surface area (Å²) in [6.07, 6.45) is 0.786. The Balaban J connectivity index is 1.95. The standard InChI is InChI=1S/C18H18BrCl2NO3/c1-24-16-8-11(13(19)10-17(16)25-2)6-7-22-18(23)9-12-14(20)4-3-5-15(12)21/h3-5,8,10H,6-7,9H2,1-2H3,(H,22,23). The first-order valence-corrected chi connectivity index (χ1v) is 9.11. The lowest BCUT2D eigenvalue weighted by Gasteiger charge is -2.12. The molecule has 0 aliphatic heterocycles. The molecule has 0 spiro atoms. The fraction of sp³-hybridized carbons (Fsp3) is 0.278. The van der Waals surface area contributed by atoms with Crippen LogP contribution in [0.5, 0.6) is 11.5 Å². The molecule has 0 heterocycles. The van der Waals surface area contributed by atoms with Crippen molar-refractivity contribution >= 4 is 45.0 Å². The van der Waals surface area contributed by atoms with Crippen molar-refractivity contribution in [1.29, 1.82) is 0 Å². The van der Waals surface area contributed by atoms with Gasteiger partial charge in [0.25, 0.3) is 0 Å². The van der Waals surface area contributed by atoms with E-state index in [1.54, 1.807) is 32.4 Å². The summed E-state index contributed by atoms with van der Waals surface area (Å²) < 4.78 is 11.5. The molecule has 134 valence electrons. The highest BCUT2D eigenvalue weighted by Gasteiger charge is 2.12. The van der Waals surface area contributed by atoms with E-state index in [4.69, 9.17) is 32.7 Å². The van der Waals surface area contributed by atoms with Crippen LogP contribution in [0.4, 0.5) is 0 Å². The summed E-state index contributed by atoms with van der Waals surface area (Å²) in [5, 5.41) is 3.86. The van der Waals surface area contributed by atoms with Gasteiger partial charge in [0.2, 0.25) is 5.91 Å². The van der Waals surface area contributed by atoms with Crippen LogP contribution in [-0.2, 0) is 17.6 Å². The molecule has 0 atom stereocenters. The molecule has 0 saturated heterocycles. The van der Waals surface area contributed by atoms with E-state index in [1.807, 2.05) is 12.1 Å². The number of hydrogen-bond donors (Lipinski definition) is 1. The van der Waals surface area contributed by atoms with Crippen LogP contribution < -0.4 is 14.8 Å². The van der Waals surface area contributed by atoms with Gasteiger partial charge in [-0.25, -0.2) is 0 Å². The van der Waals surface area contributed by atoms with Crippen LogP contribution in [-0.4, -0.2) is 26.7 Å². The third kappa shape index (κ3) is 5.27. The van der Waals surface area contributed by atoms with Gasteiger partial charge in [-0.1, -0.05) is 45.2 Å². The monoisotopic (exact) mass is 445 g/mol. The van der Waals surface area contributed by atoms with Crippen LogP contribution in [0.2, 0.25) is 10.0 Å². The second-order valence-electron chi connectivity index (χ2n) is 5.28. The summed E-state index contributed by atoms with van der Waals surface area (Å²) in [4.78, 5) is 12.1. The molecule has 4 nitrogen and oxygen atoms in total. The van der Waals surface area contributed by atoms with E-state index in [-0.39, 0.29) is 12.3 Å². The Bertz CT molecular complexity index is 748. The number of hydrogen-bond acceptors (Lipinski definition) is 3. The Morgan fingerprint density at radius 2 is 1.72 bits per heavy atom. The van der Waals surface area contributed by atoms with Crippen molar-refractivity contribution < 1.29 is 14.3 Å². The number of amides is 1. The molecule has 0 aliphatic carbocycles. The molecule has 0 unspecified atom stereocenters. The topological polar surface area (TPSA) is 47.6 Å². The normalized spacial score (nSPS) is 10.4. The molecule has 2 aromatic carbocycles. The van der Waals surface area contributed by atoms with Crippen LogP contribution in [0.3, 0.4) is 0 Å². The fourth-order valence-electron chi connectivity index (χ4n) is 2.35. The summed E-state index contributed by atoms with van der Waals surface area (Å²) in [7, 11) is 3.18. The van der Waals surface area contributed by atoms with E-state index in [0.717, 1.165) is 10.0 Å². The molecule has 2 rings (SSSR count). The van der Waals surface area contributed by atoms with E-state index in [1.165, 1.54) is 0 Å². The van der Waals surface area contributed by atoms with Gasteiger partial charge in [0, 0.05) is 21.1 Å². The zero-order valence-electron chi connectivity index (χ0n) is 13.9. The third-order valence-electron chi connectivity index (χ3n) is 3.67. The Labute approximate surface area is 165 Å². The quantitative estimate of drug-likeness (QED) is 0.671. The maximum absolute atomic E-state index is 12.1. The number of benzene rings is 2. The lowest BCUT2D eigenvalue weighted by Crippen LogP contribution is -2.27. The highest BCUT2D eigenvalue weighted by Crippen LogP contribution is 2.33. The number of carbonyl (C=O) groups excluding carboxylic acids is 1. The highest BCUT2D eigenvalue weighted by molar-refractivity contribution is 9.10. The minimum Gasteiger partial charge on any atom is -0.493 e. The Hall–Kier alpha value is -1.43. The molecule has 2 aromatic rings. The number of methoxy groups -OCH3 is 2. The van der Waals surface area contributed by atoms with Crippen molar-refractivity contribution in [3.8, 4) is 11.5 Å². The molecule has 0 radical (unpaired) electrons. The summed E-state index contributed by atoms with van der Waals surface area (Å²) in [6.45, 7) is 0.481. The summed E-state index contributed by atoms with van der Waals surface area (Å²) in [5.74, 6) is 1.16. The summed E-state index contributed by atoms with van der Waals surface area (Å²) >= 11 is 15.7. The first kappa shape index (κ1) is 19.9. The van der Waals surface area contributed by atoms with Crippen LogP contribution >= 0.6 is 39.1 Å². The molecular weight excluding hydrogens is 429 g/mol. The third-order valence-corrected chi connectivity index (χ3v) is 5.11. The van der Waals surface area contributed by atoms with E-state index in [2.05, 4.69) is 21.2 Å². The predicted molar refractivity (Wildman–Crippen MR) is 104 cm³/mol. The fourth-order valence-corrected chi connectivity index (χ4v) is 3.40. The number of halogens is 3. The van der Waals surface area contributed by atoms with Crippen molar-refractivity contribution in [1.82, 2.24) is 5.32 Å². The Morgan fingerprint density at radius 1 is 1.12 bits per heavy atom. The maximum Gasteiger partial charge on any atom is 0.224 e. The number of ether oxygens (including phenoxy) is 2. The molecular formula is C18H18BrCl2NO3. The zero-order chi connectivity index (χ0) is 18.4. The lowest BCUT2D eigenvalue weighted by molar-refractivity contribution is -0.120. The molecule has 0 saturated carbocycles. The van der Waals surface area contributed by atoms with E-state index >= 15 is 0 Å². The van der Waals surface area contributed by atoms with Gasteiger partial charge in [-0.05, 0) is 41.8 Å². The average molecular weight is 447 g/mol. The van der Waals surface area contributed by atoms with Crippen molar-refractivity contribution in [3.63, 3.8) is 0 Å². The molecule has 0 fully saturated rings. The van der Waals surface area contributed by atoms with Gasteiger partial charge < -0.3 is 14.8 Å². The van der Waals surface area contributed by atoms with E-state index < -0.39 is 0 Å². The van der Waals surface area contributed by atoms with Gasteiger partial charge in [-0.15, -0.1) is 0 Å². The lowest BCUT2D eigenvalue weighted by atomic mass is 10.1. The second-order valence-corrected chi connectivity index (χ2v) is 6.94. The van der Waals surface area contributed by atoms with E-state index in [0.29, 0.717) is 40.1 Å². The van der Waals surface area contributed by atoms with Crippen molar-refractivity contribution in [2.75, 3.05) is 20.8 Å². The van der Waals surface area contributed by atoms with Crippen molar-refractivity contribution in [2.45, 2.75) is 12.8 Å². The van der Waals surface area contributed by atoms with Gasteiger partial charge in [0.1, 0.15) is 0 Å². The maximum atomic E-state index is 12.1. The summed E-state index contributed by atoms with van der Waals surface area (Å²) in [6, 6.07) is 8.92. The second kappa shape index (κ2) is 9.32. The molecule has 1 N–H and O–H groups in total. The van der Waals surface area contributed by atoms with Gasteiger partial charge in [-0.3, -0.25) is 4.79 Å². The van der Waals surface area contributed by atoms with Crippen molar-refractivity contribution in [2.24, 2.45) is 0 Å². The van der Waals surface area contributed by atoms with Crippen LogP contribution in [0.15, 0.2) is 34.8 Å². The molecule has 25 heavy (non-hydrogen) atoms. The molecule has 0 aliphatic rings. The van der Waals surface area contributed by atoms with Crippen molar-refractivity contribution in [3.05, 3.63) is 56.0 Å². The molecule has 0 bridgehead atoms. The predicted octanol–water partition coefficient (Wildman–Crippen LogP) is 4.67. The minimum atomic E-state index is -0.133. The average Bonchev–Trinajstić information content (AvgIpc) is 2.59. The largest absolute Gasteiger partial charge is 0.493 e. The van der Waals surface area contributed by atoms with Crippen LogP contribution in [0, 0.1) is 0 Å². The zero-order valence-corrected chi connectivity index (χ0v) is 17.0. The molecule has 0 aromatic heterocycles. The first-order chi connectivity index (χ1) is 12.0. The van der Waals surface area contributed by atoms with Crippen LogP contribution in [0.1, 0.15) is 11.1 Å². The van der Waals surface area contributed by atoms with E-state index in [9.17, 15) is 4.79 Å². The first-order valence-electron chi connectivity index (χ1n) is 7.56. The molecule has 1 amide bonds. The SMILES string of the molecule is COc1cc(Br)c(CCNC(=O)Cc2c(Cl)cccc2Cl)cc1OC.